The molecule has 34 heavy (non-hydrogen) atoms. The van der Waals surface area contributed by atoms with Gasteiger partial charge in [0, 0.05) is 24.1 Å². The third-order valence-corrected chi connectivity index (χ3v) is 5.43. The van der Waals surface area contributed by atoms with Crippen molar-refractivity contribution in [3.05, 3.63) is 95.3 Å². The van der Waals surface area contributed by atoms with E-state index >= 15 is 0 Å². The van der Waals surface area contributed by atoms with Crippen molar-refractivity contribution < 1.29 is 31.8 Å². The fourth-order valence-electron chi connectivity index (χ4n) is 3.96. The molecular formula is C26H21F4NO3. The van der Waals surface area contributed by atoms with Gasteiger partial charge in [0.15, 0.2) is 0 Å². The first kappa shape index (κ1) is 23.4. The molecule has 0 atom stereocenters. The predicted molar refractivity (Wildman–Crippen MR) is 120 cm³/mol. The van der Waals surface area contributed by atoms with Crippen LogP contribution in [0, 0.1) is 5.82 Å². The lowest BCUT2D eigenvalue weighted by Crippen LogP contribution is -2.26. The summed E-state index contributed by atoms with van der Waals surface area (Å²) in [6.45, 7) is 0.456. The Kier molecular flexibility index (Phi) is 6.86. The summed E-state index contributed by atoms with van der Waals surface area (Å²) in [6, 6.07) is 19.0. The molecule has 0 radical (unpaired) electrons. The Labute approximate surface area is 193 Å². The number of carbonyl (C=O) groups excluding carboxylic acids is 1. The quantitative estimate of drug-likeness (QED) is 0.309. The van der Waals surface area contributed by atoms with Crippen molar-refractivity contribution in [3.63, 3.8) is 0 Å². The molecule has 1 aliphatic rings. The summed E-state index contributed by atoms with van der Waals surface area (Å²) in [6.07, 6.45) is -2.03. The first-order valence-corrected chi connectivity index (χ1v) is 10.6. The van der Waals surface area contributed by atoms with Crippen LogP contribution in [0.2, 0.25) is 0 Å². The maximum atomic E-state index is 13.9. The van der Waals surface area contributed by atoms with E-state index in [0.717, 1.165) is 28.3 Å². The average Bonchev–Trinajstić information content (AvgIpc) is 3.11. The van der Waals surface area contributed by atoms with Crippen LogP contribution in [0.5, 0.6) is 5.75 Å². The van der Waals surface area contributed by atoms with Crippen molar-refractivity contribution in [1.29, 1.82) is 0 Å². The molecule has 1 aliphatic carbocycles. The van der Waals surface area contributed by atoms with Gasteiger partial charge in [-0.3, -0.25) is 0 Å². The minimum Gasteiger partial charge on any atom is -0.449 e. The minimum absolute atomic E-state index is 0.0367. The first-order valence-electron chi connectivity index (χ1n) is 10.6. The Hall–Kier alpha value is -3.81. The van der Waals surface area contributed by atoms with Gasteiger partial charge in [-0.15, -0.1) is 13.2 Å². The number of nitrogens with one attached hydrogen (secondary N) is 1. The zero-order valence-electron chi connectivity index (χ0n) is 17.9. The van der Waals surface area contributed by atoms with E-state index in [1.807, 2.05) is 36.4 Å². The number of benzene rings is 3. The lowest BCUT2D eigenvalue weighted by atomic mass is 9.98. The molecule has 4 nitrogen and oxygen atoms in total. The number of alkyl carbamates (subject to hydrolysis) is 1. The number of rotatable bonds is 7. The molecular weight excluding hydrogens is 450 g/mol. The summed E-state index contributed by atoms with van der Waals surface area (Å²) in [5.74, 6) is -1.51. The molecule has 8 heteroatoms. The van der Waals surface area contributed by atoms with E-state index in [2.05, 4.69) is 22.2 Å². The highest BCUT2D eigenvalue weighted by molar-refractivity contribution is 5.79. The van der Waals surface area contributed by atoms with E-state index in [1.54, 1.807) is 6.08 Å². The highest BCUT2D eigenvalue weighted by Crippen LogP contribution is 2.44. The van der Waals surface area contributed by atoms with Crippen LogP contribution < -0.4 is 10.1 Å². The number of hydrogen-bond acceptors (Lipinski definition) is 3. The van der Waals surface area contributed by atoms with Crippen LogP contribution in [0.1, 0.15) is 29.0 Å². The highest BCUT2D eigenvalue weighted by atomic mass is 19.4. The van der Waals surface area contributed by atoms with Gasteiger partial charge in [0.2, 0.25) is 0 Å². The third kappa shape index (κ3) is 5.57. The molecule has 0 saturated carbocycles. The van der Waals surface area contributed by atoms with Gasteiger partial charge in [0.25, 0.3) is 0 Å². The molecule has 3 aromatic rings. The minimum atomic E-state index is -4.88. The number of carbonyl (C=O) groups is 1. The first-order chi connectivity index (χ1) is 16.3. The molecule has 0 unspecified atom stereocenters. The molecule has 1 N–H and O–H groups in total. The largest absolute Gasteiger partial charge is 0.573 e. The van der Waals surface area contributed by atoms with Crippen LogP contribution in [0.3, 0.4) is 0 Å². The molecule has 0 aromatic heterocycles. The summed E-state index contributed by atoms with van der Waals surface area (Å²) < 4.78 is 59.6. The van der Waals surface area contributed by atoms with Crippen LogP contribution >= 0.6 is 0 Å². The molecule has 0 saturated heterocycles. The molecule has 176 valence electrons. The predicted octanol–water partition coefficient (Wildman–Crippen LogP) is 6.67. The van der Waals surface area contributed by atoms with E-state index in [1.165, 1.54) is 12.1 Å². The number of ether oxygens (including phenoxy) is 2. The maximum absolute atomic E-state index is 13.9. The zero-order chi connectivity index (χ0) is 24.1. The summed E-state index contributed by atoms with van der Waals surface area (Å²) in [4.78, 5) is 12.1. The Morgan fingerprint density at radius 1 is 0.971 bits per heavy atom. The van der Waals surface area contributed by atoms with Crippen molar-refractivity contribution in [2.75, 3.05) is 13.2 Å². The van der Waals surface area contributed by atoms with Gasteiger partial charge in [-0.05, 0) is 40.8 Å². The number of hydrogen-bond donors (Lipinski definition) is 1. The number of fused-ring (bicyclic) bond motifs is 3. The molecule has 0 heterocycles. The molecule has 0 spiro atoms. The standard InChI is InChI=1S/C26H21F4NO3/c27-24-15-18(34-26(28,29)30)13-12-17(24)7-5-6-14-31-25(32)33-16-23-21-10-3-1-8-19(21)20-9-2-4-11-22(20)23/h1-5,7-13,15,23H,6,14,16H2,(H,31,32). The number of alkyl halides is 3. The topological polar surface area (TPSA) is 47.6 Å². The van der Waals surface area contributed by atoms with Crippen molar-refractivity contribution in [3.8, 4) is 16.9 Å². The number of halogens is 4. The van der Waals surface area contributed by atoms with Gasteiger partial charge in [-0.2, -0.15) is 0 Å². The second kappa shape index (κ2) is 9.99. The van der Waals surface area contributed by atoms with Gasteiger partial charge in [0.05, 0.1) is 0 Å². The normalized spacial score (nSPS) is 12.9. The zero-order valence-corrected chi connectivity index (χ0v) is 17.9. The van der Waals surface area contributed by atoms with E-state index in [4.69, 9.17) is 4.74 Å². The van der Waals surface area contributed by atoms with Crippen molar-refractivity contribution in [2.24, 2.45) is 0 Å². The average molecular weight is 471 g/mol. The second-order valence-electron chi connectivity index (χ2n) is 7.67. The van der Waals surface area contributed by atoms with Gasteiger partial charge in [0.1, 0.15) is 18.2 Å². The third-order valence-electron chi connectivity index (χ3n) is 5.43. The van der Waals surface area contributed by atoms with E-state index in [9.17, 15) is 22.4 Å². The molecule has 0 aliphatic heterocycles. The van der Waals surface area contributed by atoms with Gasteiger partial charge < -0.3 is 14.8 Å². The second-order valence-corrected chi connectivity index (χ2v) is 7.67. The van der Waals surface area contributed by atoms with E-state index in [0.29, 0.717) is 12.5 Å². The van der Waals surface area contributed by atoms with Crippen LogP contribution in [0.25, 0.3) is 17.2 Å². The maximum Gasteiger partial charge on any atom is 0.573 e. The Morgan fingerprint density at radius 2 is 1.62 bits per heavy atom. The fraction of sp³-hybridized carbons (Fsp3) is 0.192. The van der Waals surface area contributed by atoms with Crippen LogP contribution in [0.4, 0.5) is 22.4 Å². The lowest BCUT2D eigenvalue weighted by molar-refractivity contribution is -0.274. The fourth-order valence-corrected chi connectivity index (χ4v) is 3.96. The van der Waals surface area contributed by atoms with Crippen LogP contribution in [-0.2, 0) is 4.74 Å². The smallest absolute Gasteiger partial charge is 0.449 e. The Balaban J connectivity index is 1.25. The van der Waals surface area contributed by atoms with Gasteiger partial charge in [-0.1, -0.05) is 60.7 Å². The summed E-state index contributed by atoms with van der Waals surface area (Å²) >= 11 is 0. The number of amides is 1. The van der Waals surface area contributed by atoms with Crippen molar-refractivity contribution >= 4 is 12.2 Å². The van der Waals surface area contributed by atoms with E-state index in [-0.39, 0.29) is 24.6 Å². The summed E-state index contributed by atoms with van der Waals surface area (Å²) in [5, 5.41) is 2.64. The molecule has 0 bridgehead atoms. The van der Waals surface area contributed by atoms with Crippen LogP contribution in [0.15, 0.2) is 72.8 Å². The SMILES string of the molecule is O=C(NCCC=Cc1ccc(OC(F)(F)F)cc1F)OCC1c2ccccc2-c2ccccc21. The van der Waals surface area contributed by atoms with Crippen molar-refractivity contribution in [1.82, 2.24) is 5.32 Å². The lowest BCUT2D eigenvalue weighted by Gasteiger charge is -2.14. The monoisotopic (exact) mass is 471 g/mol. The van der Waals surface area contributed by atoms with Crippen LogP contribution in [-0.4, -0.2) is 25.6 Å². The summed E-state index contributed by atoms with van der Waals surface area (Å²) in [5.41, 5.74) is 4.63. The summed E-state index contributed by atoms with van der Waals surface area (Å²) in [7, 11) is 0. The van der Waals surface area contributed by atoms with Crippen molar-refractivity contribution in [2.45, 2.75) is 18.7 Å². The molecule has 1 amide bonds. The Bertz CT molecular complexity index is 1160. The molecule has 3 aromatic carbocycles. The van der Waals surface area contributed by atoms with Gasteiger partial charge in [-0.25, -0.2) is 9.18 Å². The molecule has 0 fully saturated rings. The van der Waals surface area contributed by atoms with Gasteiger partial charge >= 0.3 is 12.5 Å². The highest BCUT2D eigenvalue weighted by Gasteiger charge is 2.31. The molecule has 4 rings (SSSR count). The Morgan fingerprint density at radius 3 is 2.24 bits per heavy atom. The van der Waals surface area contributed by atoms with E-state index < -0.39 is 24.0 Å².